The molecule has 0 atom stereocenters. The van der Waals surface area contributed by atoms with Gasteiger partial charge in [0.2, 0.25) is 0 Å². The van der Waals surface area contributed by atoms with E-state index in [-0.39, 0.29) is 5.91 Å². The van der Waals surface area contributed by atoms with E-state index < -0.39 is 0 Å². The molecule has 146 valence electrons. The molecule has 2 aromatic heterocycles. The van der Waals surface area contributed by atoms with Crippen molar-refractivity contribution in [3.63, 3.8) is 0 Å². The highest BCUT2D eigenvalue weighted by molar-refractivity contribution is 6.30. The molecule has 5 heteroatoms. The lowest BCUT2D eigenvalue weighted by atomic mass is 10.0. The van der Waals surface area contributed by atoms with Crippen LogP contribution in [0.1, 0.15) is 32.8 Å². The number of pyridine rings is 1. The van der Waals surface area contributed by atoms with Gasteiger partial charge in [0.05, 0.1) is 6.54 Å². The Morgan fingerprint density at radius 2 is 1.76 bits per heavy atom. The fourth-order valence-electron chi connectivity index (χ4n) is 3.39. The molecule has 0 fully saturated rings. The Labute approximate surface area is 174 Å². The summed E-state index contributed by atoms with van der Waals surface area (Å²) in [5.74, 6) is 0.693. The van der Waals surface area contributed by atoms with Gasteiger partial charge in [0, 0.05) is 22.2 Å². The van der Waals surface area contributed by atoms with E-state index in [0.717, 1.165) is 33.2 Å². The summed E-state index contributed by atoms with van der Waals surface area (Å²) >= 11 is 6.01. The minimum absolute atomic E-state index is 0.218. The van der Waals surface area contributed by atoms with Crippen LogP contribution in [0.25, 0.3) is 11.0 Å². The highest BCUT2D eigenvalue weighted by Gasteiger charge is 2.26. The minimum atomic E-state index is -0.218. The number of furan rings is 1. The molecule has 0 N–H and O–H groups in total. The normalized spacial score (nSPS) is 11.0. The lowest BCUT2D eigenvalue weighted by Gasteiger charge is -2.21. The van der Waals surface area contributed by atoms with Crippen LogP contribution >= 0.6 is 11.6 Å². The Kier molecular flexibility index (Phi) is 5.12. The largest absolute Gasteiger partial charge is 0.450 e. The quantitative estimate of drug-likeness (QED) is 0.403. The maximum absolute atomic E-state index is 13.6. The Hall–Kier alpha value is -3.11. The third-order valence-electron chi connectivity index (χ3n) is 5.24. The summed E-state index contributed by atoms with van der Waals surface area (Å²) in [6.45, 7) is 6.34. The Morgan fingerprint density at radius 1 is 1.00 bits per heavy atom. The number of hydrogen-bond donors (Lipinski definition) is 0. The van der Waals surface area contributed by atoms with Gasteiger partial charge in [0.1, 0.15) is 11.4 Å². The molecule has 2 heterocycles. The maximum Gasteiger partial charge on any atom is 0.295 e. The predicted octanol–water partition coefficient (Wildman–Crippen LogP) is 6.25. The second-order valence-electron chi connectivity index (χ2n) is 7.15. The van der Waals surface area contributed by atoms with Gasteiger partial charge in [-0.05, 0) is 61.7 Å². The molecule has 4 aromatic rings. The van der Waals surface area contributed by atoms with Crippen molar-refractivity contribution >= 4 is 34.3 Å². The molecular weight excluding hydrogens is 384 g/mol. The van der Waals surface area contributed by atoms with E-state index in [1.54, 1.807) is 11.1 Å². The third-order valence-corrected chi connectivity index (χ3v) is 5.50. The van der Waals surface area contributed by atoms with E-state index in [0.29, 0.717) is 23.1 Å². The first-order valence-electron chi connectivity index (χ1n) is 9.42. The van der Waals surface area contributed by atoms with Crippen LogP contribution in [0.2, 0.25) is 5.02 Å². The Bertz CT molecular complexity index is 1180. The molecule has 0 saturated carbocycles. The second kappa shape index (κ2) is 7.72. The number of hydrogen-bond acceptors (Lipinski definition) is 3. The number of fused-ring (bicyclic) bond motifs is 1. The fraction of sp³-hybridized carbons (Fsp3) is 0.167. The summed E-state index contributed by atoms with van der Waals surface area (Å²) in [5.41, 5.74) is 4.73. The highest BCUT2D eigenvalue weighted by Crippen LogP contribution is 2.31. The van der Waals surface area contributed by atoms with E-state index >= 15 is 0 Å². The van der Waals surface area contributed by atoms with Crippen LogP contribution < -0.4 is 4.90 Å². The topological polar surface area (TPSA) is 46.3 Å². The van der Waals surface area contributed by atoms with Crippen molar-refractivity contribution in [1.29, 1.82) is 0 Å². The van der Waals surface area contributed by atoms with Gasteiger partial charge in [-0.25, -0.2) is 4.98 Å². The third kappa shape index (κ3) is 3.64. The monoisotopic (exact) mass is 404 g/mol. The van der Waals surface area contributed by atoms with E-state index in [9.17, 15) is 4.79 Å². The van der Waals surface area contributed by atoms with Crippen LogP contribution in [0.15, 0.2) is 65.2 Å². The number of nitrogens with zero attached hydrogens (tertiary/aromatic N) is 2. The van der Waals surface area contributed by atoms with Crippen LogP contribution in [0, 0.1) is 20.8 Å². The van der Waals surface area contributed by atoms with E-state index in [1.165, 1.54) is 0 Å². The van der Waals surface area contributed by atoms with Crippen molar-refractivity contribution < 1.29 is 9.21 Å². The molecule has 0 spiro atoms. The molecule has 4 nitrogen and oxygen atoms in total. The average molecular weight is 405 g/mol. The van der Waals surface area contributed by atoms with Crippen molar-refractivity contribution in [2.45, 2.75) is 27.3 Å². The highest BCUT2D eigenvalue weighted by atomic mass is 35.5. The molecule has 0 unspecified atom stereocenters. The van der Waals surface area contributed by atoms with Gasteiger partial charge < -0.3 is 4.42 Å². The van der Waals surface area contributed by atoms with Gasteiger partial charge >= 0.3 is 0 Å². The molecule has 0 radical (unpaired) electrons. The van der Waals surface area contributed by atoms with Crippen molar-refractivity contribution in [3.05, 3.63) is 93.8 Å². The van der Waals surface area contributed by atoms with E-state index in [1.807, 2.05) is 69.3 Å². The number of aromatic nitrogens is 1. The lowest BCUT2D eigenvalue weighted by molar-refractivity contribution is 0.0959. The van der Waals surface area contributed by atoms with Gasteiger partial charge in [0.15, 0.2) is 5.76 Å². The smallest absolute Gasteiger partial charge is 0.295 e. The van der Waals surface area contributed by atoms with E-state index in [2.05, 4.69) is 11.1 Å². The number of halogens is 1. The zero-order chi connectivity index (χ0) is 20.5. The molecule has 0 saturated heterocycles. The number of rotatable bonds is 4. The summed E-state index contributed by atoms with van der Waals surface area (Å²) in [6, 6.07) is 17.0. The van der Waals surface area contributed by atoms with Crippen molar-refractivity contribution in [3.8, 4) is 0 Å². The number of benzene rings is 2. The summed E-state index contributed by atoms with van der Waals surface area (Å²) in [7, 11) is 0. The van der Waals surface area contributed by atoms with E-state index in [4.69, 9.17) is 16.0 Å². The fourth-order valence-corrected chi connectivity index (χ4v) is 3.51. The van der Waals surface area contributed by atoms with Crippen molar-refractivity contribution in [2.75, 3.05) is 4.90 Å². The van der Waals surface area contributed by atoms with Gasteiger partial charge in [-0.15, -0.1) is 0 Å². The molecule has 2 aromatic carbocycles. The number of anilines is 1. The van der Waals surface area contributed by atoms with Gasteiger partial charge in [0.25, 0.3) is 5.91 Å². The average Bonchev–Trinajstić information content (AvgIpc) is 3.07. The first-order valence-corrected chi connectivity index (χ1v) is 9.80. The zero-order valence-electron chi connectivity index (χ0n) is 16.6. The zero-order valence-corrected chi connectivity index (χ0v) is 17.3. The Balaban J connectivity index is 1.79. The predicted molar refractivity (Wildman–Crippen MR) is 117 cm³/mol. The summed E-state index contributed by atoms with van der Waals surface area (Å²) < 4.78 is 6.09. The van der Waals surface area contributed by atoms with Crippen LogP contribution in [0.5, 0.6) is 0 Å². The molecule has 0 aliphatic heterocycles. The summed E-state index contributed by atoms with van der Waals surface area (Å²) in [6.07, 6.45) is 1.68. The molecule has 0 aliphatic carbocycles. The first-order chi connectivity index (χ1) is 14.0. The van der Waals surface area contributed by atoms with Gasteiger partial charge in [-0.1, -0.05) is 41.9 Å². The first kappa shape index (κ1) is 19.2. The summed E-state index contributed by atoms with van der Waals surface area (Å²) in [4.78, 5) is 19.6. The summed E-state index contributed by atoms with van der Waals surface area (Å²) in [5, 5.41) is 1.62. The standard InChI is InChI=1S/C24H21ClN2O2/c1-15-7-12-20-17(3)23(29-22(20)16(15)2)24(28)27(21-6-4-5-13-26-21)14-18-8-10-19(25)11-9-18/h4-13H,14H2,1-3H3. The molecule has 29 heavy (non-hydrogen) atoms. The van der Waals surface area contributed by atoms with Gasteiger partial charge in [-0.2, -0.15) is 0 Å². The molecule has 0 bridgehead atoms. The van der Waals surface area contributed by atoms with Crippen LogP contribution in [-0.4, -0.2) is 10.9 Å². The Morgan fingerprint density at radius 3 is 2.45 bits per heavy atom. The van der Waals surface area contributed by atoms with Crippen molar-refractivity contribution in [2.24, 2.45) is 0 Å². The van der Waals surface area contributed by atoms with Crippen LogP contribution in [-0.2, 0) is 6.54 Å². The number of aryl methyl sites for hydroxylation is 3. The maximum atomic E-state index is 13.6. The molecule has 1 amide bonds. The van der Waals surface area contributed by atoms with Gasteiger partial charge in [-0.3, -0.25) is 9.69 Å². The van der Waals surface area contributed by atoms with Crippen molar-refractivity contribution in [1.82, 2.24) is 4.98 Å². The van der Waals surface area contributed by atoms with Crippen LogP contribution in [0.4, 0.5) is 5.82 Å². The minimum Gasteiger partial charge on any atom is -0.450 e. The van der Waals surface area contributed by atoms with Crippen LogP contribution in [0.3, 0.4) is 0 Å². The number of carbonyl (C=O) groups is 1. The molecule has 4 rings (SSSR count). The molecule has 0 aliphatic rings. The molecular formula is C24H21ClN2O2. The second-order valence-corrected chi connectivity index (χ2v) is 7.58. The number of amides is 1. The SMILES string of the molecule is Cc1ccc2c(C)c(C(=O)N(Cc3ccc(Cl)cc3)c3ccccn3)oc2c1C. The number of carbonyl (C=O) groups excluding carboxylic acids is 1. The lowest BCUT2D eigenvalue weighted by Crippen LogP contribution is -2.31.